The first-order valence-electron chi connectivity index (χ1n) is 3.63. The molecular formula is C8H14O2. The van der Waals surface area contributed by atoms with Gasteiger partial charge in [0.2, 0.25) is 0 Å². The summed E-state index contributed by atoms with van der Waals surface area (Å²) in [5.41, 5.74) is 1.08. The highest BCUT2D eigenvalue weighted by atomic mass is 16.5. The van der Waals surface area contributed by atoms with Crippen LogP contribution in [0.2, 0.25) is 0 Å². The summed E-state index contributed by atoms with van der Waals surface area (Å²) in [5, 5.41) is 0. The average Bonchev–Trinajstić information content (AvgIpc) is 2.34. The van der Waals surface area contributed by atoms with Crippen LogP contribution in [0.5, 0.6) is 0 Å². The molecule has 58 valence electrons. The van der Waals surface area contributed by atoms with Gasteiger partial charge in [0.25, 0.3) is 0 Å². The van der Waals surface area contributed by atoms with Crippen LogP contribution in [0.25, 0.3) is 0 Å². The van der Waals surface area contributed by atoms with E-state index in [2.05, 4.69) is 6.58 Å². The Labute approximate surface area is 61.8 Å². The lowest BCUT2D eigenvalue weighted by atomic mass is 10.3. The molecule has 1 heterocycles. The lowest BCUT2D eigenvalue weighted by Crippen LogP contribution is -2.13. The monoisotopic (exact) mass is 142 g/mol. The highest BCUT2D eigenvalue weighted by Gasteiger charge is 2.15. The van der Waals surface area contributed by atoms with E-state index >= 15 is 0 Å². The second-order valence-corrected chi connectivity index (χ2v) is 2.75. The third kappa shape index (κ3) is 2.50. The summed E-state index contributed by atoms with van der Waals surface area (Å²) in [5.74, 6) is 0. The molecule has 10 heavy (non-hydrogen) atoms. The van der Waals surface area contributed by atoms with E-state index in [4.69, 9.17) is 9.47 Å². The zero-order valence-electron chi connectivity index (χ0n) is 6.43. The lowest BCUT2D eigenvalue weighted by Gasteiger charge is -2.08. The highest BCUT2D eigenvalue weighted by Crippen LogP contribution is 2.08. The molecular weight excluding hydrogens is 128 g/mol. The fraction of sp³-hybridized carbons (Fsp3) is 0.750. The Balaban J connectivity index is 2.07. The van der Waals surface area contributed by atoms with Gasteiger partial charge in [0.1, 0.15) is 0 Å². The van der Waals surface area contributed by atoms with Crippen molar-refractivity contribution in [3.8, 4) is 0 Å². The molecule has 0 aromatic heterocycles. The van der Waals surface area contributed by atoms with Gasteiger partial charge in [-0.25, -0.2) is 0 Å². The van der Waals surface area contributed by atoms with Gasteiger partial charge in [-0.15, -0.1) is 0 Å². The van der Waals surface area contributed by atoms with Crippen LogP contribution in [-0.2, 0) is 9.47 Å². The molecule has 2 heteroatoms. The van der Waals surface area contributed by atoms with Crippen molar-refractivity contribution < 1.29 is 9.47 Å². The number of ether oxygens (including phenoxy) is 2. The van der Waals surface area contributed by atoms with Crippen molar-refractivity contribution in [3.05, 3.63) is 12.2 Å². The van der Waals surface area contributed by atoms with Crippen LogP contribution in [0.1, 0.15) is 13.3 Å². The summed E-state index contributed by atoms with van der Waals surface area (Å²) < 4.78 is 10.6. The molecule has 0 aromatic carbocycles. The van der Waals surface area contributed by atoms with E-state index in [1.807, 2.05) is 6.92 Å². The quantitative estimate of drug-likeness (QED) is 0.554. The molecule has 0 spiro atoms. The van der Waals surface area contributed by atoms with E-state index in [0.29, 0.717) is 12.7 Å². The Morgan fingerprint density at radius 1 is 1.80 bits per heavy atom. The minimum Gasteiger partial charge on any atom is -0.379 e. The summed E-state index contributed by atoms with van der Waals surface area (Å²) in [7, 11) is 0. The summed E-state index contributed by atoms with van der Waals surface area (Å²) in [6.45, 7) is 8.00. The van der Waals surface area contributed by atoms with Crippen LogP contribution in [0.4, 0.5) is 0 Å². The van der Waals surface area contributed by atoms with E-state index in [1.165, 1.54) is 0 Å². The molecule has 0 radical (unpaired) electrons. The van der Waals surface area contributed by atoms with E-state index in [1.54, 1.807) is 0 Å². The van der Waals surface area contributed by atoms with Crippen LogP contribution in [0.15, 0.2) is 12.2 Å². The van der Waals surface area contributed by atoms with Gasteiger partial charge in [-0.1, -0.05) is 12.2 Å². The van der Waals surface area contributed by atoms with Crippen molar-refractivity contribution in [3.63, 3.8) is 0 Å². The van der Waals surface area contributed by atoms with Crippen molar-refractivity contribution in [2.24, 2.45) is 0 Å². The van der Waals surface area contributed by atoms with Crippen LogP contribution in [-0.4, -0.2) is 25.9 Å². The molecule has 2 nitrogen and oxygen atoms in total. The van der Waals surface area contributed by atoms with E-state index in [-0.39, 0.29) is 0 Å². The molecule has 0 bridgehead atoms. The van der Waals surface area contributed by atoms with Gasteiger partial charge in [0.15, 0.2) is 0 Å². The molecule has 1 fully saturated rings. The van der Waals surface area contributed by atoms with Gasteiger partial charge in [-0.3, -0.25) is 0 Å². The highest BCUT2D eigenvalue weighted by molar-refractivity contribution is 4.88. The fourth-order valence-electron chi connectivity index (χ4n) is 0.904. The summed E-state index contributed by atoms with van der Waals surface area (Å²) in [4.78, 5) is 0. The van der Waals surface area contributed by atoms with Crippen molar-refractivity contribution in [2.45, 2.75) is 19.4 Å². The van der Waals surface area contributed by atoms with E-state index < -0.39 is 0 Å². The molecule has 0 aromatic rings. The normalized spacial score (nSPS) is 25.1. The molecule has 0 saturated carbocycles. The second-order valence-electron chi connectivity index (χ2n) is 2.75. The third-order valence-corrected chi connectivity index (χ3v) is 1.45. The fourth-order valence-corrected chi connectivity index (χ4v) is 0.904. The maximum Gasteiger partial charge on any atom is 0.0834 e. The Morgan fingerprint density at radius 2 is 2.60 bits per heavy atom. The van der Waals surface area contributed by atoms with Crippen LogP contribution in [0.3, 0.4) is 0 Å². The SMILES string of the molecule is C=C(C)COC1CCOC1. The summed E-state index contributed by atoms with van der Waals surface area (Å²) >= 11 is 0. The number of rotatable bonds is 3. The van der Waals surface area contributed by atoms with Crippen LogP contribution < -0.4 is 0 Å². The average molecular weight is 142 g/mol. The molecule has 1 saturated heterocycles. The third-order valence-electron chi connectivity index (χ3n) is 1.45. The maximum atomic E-state index is 5.44. The van der Waals surface area contributed by atoms with Gasteiger partial charge in [0.05, 0.1) is 19.3 Å². The predicted octanol–water partition coefficient (Wildman–Crippen LogP) is 1.37. The minimum absolute atomic E-state index is 0.316. The van der Waals surface area contributed by atoms with E-state index in [9.17, 15) is 0 Å². The smallest absolute Gasteiger partial charge is 0.0834 e. The molecule has 1 unspecified atom stereocenters. The Kier molecular flexibility index (Phi) is 2.90. The molecule has 1 aliphatic heterocycles. The molecule has 1 rings (SSSR count). The Bertz CT molecular complexity index is 114. The van der Waals surface area contributed by atoms with Crippen LogP contribution in [0, 0.1) is 0 Å². The van der Waals surface area contributed by atoms with Crippen LogP contribution >= 0.6 is 0 Å². The van der Waals surface area contributed by atoms with Crippen molar-refractivity contribution >= 4 is 0 Å². The first kappa shape index (κ1) is 7.76. The molecule has 0 N–H and O–H groups in total. The minimum atomic E-state index is 0.316. The maximum absolute atomic E-state index is 5.44. The van der Waals surface area contributed by atoms with Crippen molar-refractivity contribution in [1.82, 2.24) is 0 Å². The number of hydrogen-bond donors (Lipinski definition) is 0. The molecule has 1 aliphatic rings. The topological polar surface area (TPSA) is 18.5 Å². The van der Waals surface area contributed by atoms with Gasteiger partial charge in [-0.05, 0) is 13.3 Å². The molecule has 0 amide bonds. The molecule has 1 atom stereocenters. The van der Waals surface area contributed by atoms with Crippen molar-refractivity contribution in [2.75, 3.05) is 19.8 Å². The van der Waals surface area contributed by atoms with Gasteiger partial charge >= 0.3 is 0 Å². The zero-order valence-corrected chi connectivity index (χ0v) is 6.43. The van der Waals surface area contributed by atoms with Crippen molar-refractivity contribution in [1.29, 1.82) is 0 Å². The Hall–Kier alpha value is -0.340. The standard InChI is InChI=1S/C8H14O2/c1-7(2)5-10-8-3-4-9-6-8/h8H,1,3-6H2,2H3. The summed E-state index contributed by atoms with van der Waals surface area (Å²) in [6, 6.07) is 0. The lowest BCUT2D eigenvalue weighted by molar-refractivity contribution is 0.0567. The van der Waals surface area contributed by atoms with E-state index in [0.717, 1.165) is 25.2 Å². The predicted molar refractivity (Wildman–Crippen MR) is 40.0 cm³/mol. The first-order valence-corrected chi connectivity index (χ1v) is 3.63. The van der Waals surface area contributed by atoms with Gasteiger partial charge < -0.3 is 9.47 Å². The van der Waals surface area contributed by atoms with Gasteiger partial charge in [-0.2, -0.15) is 0 Å². The Morgan fingerprint density at radius 3 is 3.10 bits per heavy atom. The number of hydrogen-bond acceptors (Lipinski definition) is 2. The largest absolute Gasteiger partial charge is 0.379 e. The van der Waals surface area contributed by atoms with Gasteiger partial charge in [0, 0.05) is 6.61 Å². The zero-order chi connectivity index (χ0) is 7.40. The first-order chi connectivity index (χ1) is 4.79. The second kappa shape index (κ2) is 3.74. The molecule has 0 aliphatic carbocycles. The summed E-state index contributed by atoms with van der Waals surface area (Å²) in [6.07, 6.45) is 1.35.